The van der Waals surface area contributed by atoms with Gasteiger partial charge in [0, 0.05) is 37.3 Å². The number of aromatic nitrogens is 2. The molecule has 0 unspecified atom stereocenters. The van der Waals surface area contributed by atoms with Crippen LogP contribution in [0.2, 0.25) is 0 Å². The summed E-state index contributed by atoms with van der Waals surface area (Å²) in [6, 6.07) is 3.70. The highest BCUT2D eigenvalue weighted by atomic mass is 19.1. The molecule has 1 aromatic heterocycles. The Balaban J connectivity index is 2.09. The van der Waals surface area contributed by atoms with E-state index in [2.05, 4.69) is 10.3 Å². The molecule has 0 amide bonds. The number of hydrogen-bond acceptors (Lipinski definition) is 4. The molecule has 0 fully saturated rings. The van der Waals surface area contributed by atoms with E-state index < -0.39 is 16.4 Å². The van der Waals surface area contributed by atoms with Crippen molar-refractivity contribution in [2.24, 2.45) is 7.05 Å². The van der Waals surface area contributed by atoms with Gasteiger partial charge >= 0.3 is 5.69 Å². The Kier molecular flexibility index (Phi) is 3.22. The molecular weight excluding hydrogens is 239 g/mol. The second-order valence-electron chi connectivity index (χ2n) is 3.73. The molecule has 0 radical (unpaired) electrons. The number of rotatable bonds is 4. The van der Waals surface area contributed by atoms with Crippen LogP contribution in [-0.4, -0.2) is 14.5 Å². The molecule has 0 bridgehead atoms. The summed E-state index contributed by atoms with van der Waals surface area (Å²) < 4.78 is 15.2. The Morgan fingerprint density at radius 3 is 2.89 bits per heavy atom. The zero-order chi connectivity index (χ0) is 13.1. The van der Waals surface area contributed by atoms with Crippen LogP contribution in [-0.2, 0) is 13.6 Å². The van der Waals surface area contributed by atoms with E-state index in [0.29, 0.717) is 12.2 Å². The molecule has 7 heteroatoms. The Labute approximate surface area is 102 Å². The summed E-state index contributed by atoms with van der Waals surface area (Å²) in [6.07, 6.45) is 3.46. The lowest BCUT2D eigenvalue weighted by molar-refractivity contribution is -0.387. The minimum atomic E-state index is -0.857. The van der Waals surface area contributed by atoms with E-state index in [4.69, 9.17) is 0 Å². The van der Waals surface area contributed by atoms with Gasteiger partial charge in [-0.3, -0.25) is 10.1 Å². The van der Waals surface area contributed by atoms with Crippen molar-refractivity contribution >= 4 is 11.4 Å². The maximum Gasteiger partial charge on any atom is 0.304 e. The van der Waals surface area contributed by atoms with Crippen LogP contribution in [0.5, 0.6) is 0 Å². The van der Waals surface area contributed by atoms with Crippen molar-refractivity contribution in [2.75, 3.05) is 5.32 Å². The van der Waals surface area contributed by atoms with Gasteiger partial charge in [-0.2, -0.15) is 4.39 Å². The molecule has 0 saturated carbocycles. The number of imidazole rings is 1. The maximum atomic E-state index is 13.3. The quantitative estimate of drug-likeness (QED) is 0.666. The molecule has 0 atom stereocenters. The lowest BCUT2D eigenvalue weighted by Gasteiger charge is -2.06. The number of hydrogen-bond donors (Lipinski definition) is 1. The van der Waals surface area contributed by atoms with Gasteiger partial charge in [0.1, 0.15) is 5.82 Å². The molecule has 0 aliphatic rings. The summed E-state index contributed by atoms with van der Waals surface area (Å²) in [7, 11) is 1.85. The third-order valence-electron chi connectivity index (χ3n) is 2.52. The van der Waals surface area contributed by atoms with E-state index in [1.54, 1.807) is 12.4 Å². The van der Waals surface area contributed by atoms with E-state index in [0.717, 1.165) is 18.0 Å². The standard InChI is InChI=1S/C11H11FN4O2/c1-15-5-4-13-11(15)7-14-8-2-3-10(16(17)18)9(12)6-8/h2-6,14H,7H2,1H3. The van der Waals surface area contributed by atoms with Gasteiger partial charge in [0.05, 0.1) is 11.5 Å². The maximum absolute atomic E-state index is 13.3. The smallest absolute Gasteiger partial charge is 0.304 e. The highest BCUT2D eigenvalue weighted by molar-refractivity contribution is 5.49. The summed E-state index contributed by atoms with van der Waals surface area (Å²) >= 11 is 0. The number of benzene rings is 1. The minimum absolute atomic E-state index is 0.417. The van der Waals surface area contributed by atoms with Gasteiger partial charge in [-0.05, 0) is 6.07 Å². The van der Waals surface area contributed by atoms with Gasteiger partial charge in [0.2, 0.25) is 5.82 Å². The highest BCUT2D eigenvalue weighted by Crippen LogP contribution is 2.21. The van der Waals surface area contributed by atoms with Crippen LogP contribution < -0.4 is 5.32 Å². The third-order valence-corrected chi connectivity index (χ3v) is 2.52. The number of nitro groups is 1. The first-order chi connectivity index (χ1) is 8.58. The van der Waals surface area contributed by atoms with Gasteiger partial charge in [0.15, 0.2) is 0 Å². The topological polar surface area (TPSA) is 73.0 Å². The van der Waals surface area contributed by atoms with Crippen LogP contribution in [0.1, 0.15) is 5.82 Å². The molecule has 1 N–H and O–H groups in total. The monoisotopic (exact) mass is 250 g/mol. The SMILES string of the molecule is Cn1ccnc1CNc1ccc([N+](=O)[O-])c(F)c1. The molecule has 0 aliphatic carbocycles. The van der Waals surface area contributed by atoms with E-state index in [9.17, 15) is 14.5 Å². The number of aryl methyl sites for hydroxylation is 1. The summed E-state index contributed by atoms with van der Waals surface area (Å²) in [6.45, 7) is 0.417. The molecule has 0 saturated heterocycles. The van der Waals surface area contributed by atoms with E-state index >= 15 is 0 Å². The molecule has 94 valence electrons. The zero-order valence-electron chi connectivity index (χ0n) is 9.63. The second kappa shape index (κ2) is 4.82. The van der Waals surface area contributed by atoms with Crippen molar-refractivity contribution < 1.29 is 9.31 Å². The van der Waals surface area contributed by atoms with Gasteiger partial charge in [0.25, 0.3) is 0 Å². The number of anilines is 1. The predicted octanol–water partition coefficient (Wildman–Crippen LogP) is 2.08. The first-order valence-corrected chi connectivity index (χ1v) is 5.22. The number of nitrogens with zero attached hydrogens (tertiary/aromatic N) is 3. The van der Waals surface area contributed by atoms with E-state index in [1.807, 2.05) is 11.6 Å². The molecule has 1 aromatic carbocycles. The van der Waals surface area contributed by atoms with Crippen LogP contribution in [0.15, 0.2) is 30.6 Å². The van der Waals surface area contributed by atoms with Crippen LogP contribution in [0.25, 0.3) is 0 Å². The summed E-state index contributed by atoms with van der Waals surface area (Å²) in [5, 5.41) is 13.4. The fourth-order valence-corrected chi connectivity index (χ4v) is 1.51. The Morgan fingerprint density at radius 2 is 2.33 bits per heavy atom. The summed E-state index contributed by atoms with van der Waals surface area (Å²) in [5.74, 6) is -0.0707. The van der Waals surface area contributed by atoms with Crippen molar-refractivity contribution in [2.45, 2.75) is 6.54 Å². The van der Waals surface area contributed by atoms with Gasteiger partial charge in [-0.1, -0.05) is 0 Å². The Bertz CT molecular complexity index is 582. The molecule has 18 heavy (non-hydrogen) atoms. The number of nitro benzene ring substituents is 1. The van der Waals surface area contributed by atoms with Crippen LogP contribution in [0.4, 0.5) is 15.8 Å². The molecular formula is C11H11FN4O2. The van der Waals surface area contributed by atoms with Crippen molar-refractivity contribution in [3.8, 4) is 0 Å². The molecule has 2 rings (SSSR count). The van der Waals surface area contributed by atoms with Crippen molar-refractivity contribution in [3.63, 3.8) is 0 Å². The second-order valence-corrected chi connectivity index (χ2v) is 3.73. The first kappa shape index (κ1) is 12.0. The van der Waals surface area contributed by atoms with Crippen molar-refractivity contribution in [1.29, 1.82) is 0 Å². The van der Waals surface area contributed by atoms with Crippen LogP contribution in [0.3, 0.4) is 0 Å². The van der Waals surface area contributed by atoms with E-state index in [1.165, 1.54) is 6.07 Å². The molecule has 2 aromatic rings. The fourth-order valence-electron chi connectivity index (χ4n) is 1.51. The number of nitrogens with one attached hydrogen (secondary N) is 1. The Morgan fingerprint density at radius 1 is 1.56 bits per heavy atom. The van der Waals surface area contributed by atoms with Crippen molar-refractivity contribution in [3.05, 3.63) is 52.3 Å². The van der Waals surface area contributed by atoms with Gasteiger partial charge in [-0.15, -0.1) is 0 Å². The van der Waals surface area contributed by atoms with Gasteiger partial charge in [-0.25, -0.2) is 4.98 Å². The van der Waals surface area contributed by atoms with E-state index in [-0.39, 0.29) is 0 Å². The summed E-state index contributed by atoms with van der Waals surface area (Å²) in [5.41, 5.74) is -0.0568. The predicted molar refractivity (Wildman–Crippen MR) is 63.6 cm³/mol. The molecule has 6 nitrogen and oxygen atoms in total. The molecule has 0 aliphatic heterocycles. The lowest BCUT2D eigenvalue weighted by atomic mass is 10.2. The molecule has 1 heterocycles. The fraction of sp³-hybridized carbons (Fsp3) is 0.182. The first-order valence-electron chi connectivity index (χ1n) is 5.22. The minimum Gasteiger partial charge on any atom is -0.378 e. The van der Waals surface area contributed by atoms with Gasteiger partial charge < -0.3 is 9.88 Å². The third kappa shape index (κ3) is 2.45. The van der Waals surface area contributed by atoms with Crippen molar-refractivity contribution in [1.82, 2.24) is 9.55 Å². The Hall–Kier alpha value is -2.44. The largest absolute Gasteiger partial charge is 0.378 e. The zero-order valence-corrected chi connectivity index (χ0v) is 9.63. The van der Waals surface area contributed by atoms with Crippen LogP contribution in [0, 0.1) is 15.9 Å². The van der Waals surface area contributed by atoms with Crippen LogP contribution >= 0.6 is 0 Å². The highest BCUT2D eigenvalue weighted by Gasteiger charge is 2.13. The average molecular weight is 250 g/mol. The lowest BCUT2D eigenvalue weighted by Crippen LogP contribution is -2.06. The molecule has 0 spiro atoms. The summed E-state index contributed by atoms with van der Waals surface area (Å²) in [4.78, 5) is 13.8. The normalized spacial score (nSPS) is 10.3. The number of halogens is 1. The average Bonchev–Trinajstić information content (AvgIpc) is 2.72.